The molecule has 0 fully saturated rings. The number of hydrogen-bond donors (Lipinski definition) is 0. The largest absolute Gasteiger partial charge is 0.444 e. The molecule has 0 heterocycles. The molecule has 0 aromatic heterocycles. The van der Waals surface area contributed by atoms with E-state index in [1.807, 2.05) is 0 Å². The lowest BCUT2D eigenvalue weighted by Crippen LogP contribution is -2.37. The number of hydrogen-bond acceptors (Lipinski definition) is 3. The minimum Gasteiger partial charge on any atom is -0.444 e. The summed E-state index contributed by atoms with van der Waals surface area (Å²) in [5, 5.41) is 0. The van der Waals surface area contributed by atoms with Crippen LogP contribution in [0.5, 0.6) is 0 Å². The molecular weight excluding hydrogens is 170 g/mol. The van der Waals surface area contributed by atoms with Gasteiger partial charge in [0.1, 0.15) is 11.9 Å². The maximum Gasteiger partial charge on any atom is 0.410 e. The predicted molar refractivity (Wildman–Crippen MR) is 49.5 cm³/mol. The Morgan fingerprint density at radius 3 is 2.31 bits per heavy atom. The summed E-state index contributed by atoms with van der Waals surface area (Å²) in [6, 6.07) is 0. The Morgan fingerprint density at radius 1 is 1.46 bits per heavy atom. The van der Waals surface area contributed by atoms with E-state index >= 15 is 0 Å². The van der Waals surface area contributed by atoms with Crippen LogP contribution in [0.1, 0.15) is 27.7 Å². The van der Waals surface area contributed by atoms with Gasteiger partial charge in [-0.15, -0.1) is 0 Å². The molecule has 0 aromatic carbocycles. The van der Waals surface area contributed by atoms with Gasteiger partial charge in [0, 0.05) is 6.54 Å². The summed E-state index contributed by atoms with van der Waals surface area (Å²) in [5.41, 5.74) is -0.507. The molecule has 0 bridgehead atoms. The van der Waals surface area contributed by atoms with Crippen molar-refractivity contribution in [3.8, 4) is 0 Å². The van der Waals surface area contributed by atoms with Crippen LogP contribution >= 0.6 is 0 Å². The Morgan fingerprint density at radius 2 is 2.00 bits per heavy atom. The number of amides is 1. The van der Waals surface area contributed by atoms with Crippen molar-refractivity contribution in [3.63, 3.8) is 0 Å². The summed E-state index contributed by atoms with van der Waals surface area (Å²) < 4.78 is 5.07. The molecule has 0 spiro atoms. The molecule has 0 unspecified atom stereocenters. The normalized spacial score (nSPS) is 10.8. The van der Waals surface area contributed by atoms with Crippen molar-refractivity contribution in [1.29, 1.82) is 0 Å². The Bertz CT molecular complexity index is 184. The lowest BCUT2D eigenvalue weighted by molar-refractivity contribution is -0.108. The summed E-state index contributed by atoms with van der Waals surface area (Å²) in [7, 11) is 0. The first-order valence-corrected chi connectivity index (χ1v) is 4.32. The number of rotatable bonds is 3. The standard InChI is InChI=1S/C9H17NO3/c1-5-10(6-7-11)8(12)13-9(2,3)4/h7H,5-6H2,1-4H3. The fourth-order valence-corrected chi connectivity index (χ4v) is 0.749. The first-order chi connectivity index (χ1) is 5.90. The van der Waals surface area contributed by atoms with Gasteiger partial charge in [-0.1, -0.05) is 0 Å². The number of carbonyl (C=O) groups excluding carboxylic acids is 2. The van der Waals surface area contributed by atoms with Crippen molar-refractivity contribution in [2.45, 2.75) is 33.3 Å². The van der Waals surface area contributed by atoms with Gasteiger partial charge in [0.15, 0.2) is 0 Å². The fraction of sp³-hybridized carbons (Fsp3) is 0.778. The third-order valence-corrected chi connectivity index (χ3v) is 1.33. The number of aldehydes is 1. The van der Waals surface area contributed by atoms with E-state index in [0.717, 1.165) is 0 Å². The van der Waals surface area contributed by atoms with Crippen molar-refractivity contribution in [2.24, 2.45) is 0 Å². The summed E-state index contributed by atoms with van der Waals surface area (Å²) in [6.07, 6.45) is 0.245. The van der Waals surface area contributed by atoms with Crippen LogP contribution in [0.4, 0.5) is 4.79 Å². The van der Waals surface area contributed by atoms with E-state index in [2.05, 4.69) is 0 Å². The van der Waals surface area contributed by atoms with Gasteiger partial charge >= 0.3 is 6.09 Å². The summed E-state index contributed by atoms with van der Waals surface area (Å²) in [4.78, 5) is 22.9. The Hall–Kier alpha value is -1.06. The van der Waals surface area contributed by atoms with Crippen molar-refractivity contribution in [2.75, 3.05) is 13.1 Å². The summed E-state index contributed by atoms with van der Waals surface area (Å²) >= 11 is 0. The van der Waals surface area contributed by atoms with Crippen molar-refractivity contribution < 1.29 is 14.3 Å². The second kappa shape index (κ2) is 4.84. The van der Waals surface area contributed by atoms with Crippen molar-refractivity contribution in [1.82, 2.24) is 4.90 Å². The number of ether oxygens (including phenoxy) is 1. The first-order valence-electron chi connectivity index (χ1n) is 4.32. The average Bonchev–Trinajstić information content (AvgIpc) is 1.96. The predicted octanol–water partition coefficient (Wildman–Crippen LogP) is 1.44. The van der Waals surface area contributed by atoms with Crippen LogP contribution in [-0.2, 0) is 9.53 Å². The topological polar surface area (TPSA) is 46.6 Å². The number of nitrogens with zero attached hydrogens (tertiary/aromatic N) is 1. The van der Waals surface area contributed by atoms with E-state index in [1.54, 1.807) is 27.7 Å². The zero-order valence-electron chi connectivity index (χ0n) is 8.66. The minimum absolute atomic E-state index is 0.0887. The molecule has 13 heavy (non-hydrogen) atoms. The van der Waals surface area contributed by atoms with Crippen molar-refractivity contribution >= 4 is 12.4 Å². The average molecular weight is 187 g/mol. The highest BCUT2D eigenvalue weighted by atomic mass is 16.6. The molecule has 4 heteroatoms. The van der Waals surface area contributed by atoms with E-state index in [0.29, 0.717) is 12.8 Å². The second-order valence-corrected chi connectivity index (χ2v) is 3.69. The highest BCUT2D eigenvalue weighted by Crippen LogP contribution is 2.09. The molecule has 76 valence electrons. The molecule has 0 saturated carbocycles. The molecule has 0 radical (unpaired) electrons. The van der Waals surface area contributed by atoms with E-state index in [-0.39, 0.29) is 6.54 Å². The third kappa shape index (κ3) is 5.22. The van der Waals surface area contributed by atoms with E-state index < -0.39 is 11.7 Å². The fourth-order valence-electron chi connectivity index (χ4n) is 0.749. The van der Waals surface area contributed by atoms with Gasteiger partial charge < -0.3 is 14.4 Å². The van der Waals surface area contributed by atoms with Gasteiger partial charge in [0.2, 0.25) is 0 Å². The Labute approximate surface area is 78.9 Å². The van der Waals surface area contributed by atoms with Gasteiger partial charge in [-0.05, 0) is 27.7 Å². The first kappa shape index (κ1) is 11.9. The smallest absolute Gasteiger partial charge is 0.410 e. The van der Waals surface area contributed by atoms with Gasteiger partial charge in [-0.2, -0.15) is 0 Å². The van der Waals surface area contributed by atoms with Crippen LogP contribution in [0.2, 0.25) is 0 Å². The van der Waals surface area contributed by atoms with Gasteiger partial charge in [-0.25, -0.2) is 4.79 Å². The summed E-state index contributed by atoms with van der Waals surface area (Å²) in [5.74, 6) is 0. The van der Waals surface area contributed by atoms with E-state index in [9.17, 15) is 9.59 Å². The molecule has 0 aliphatic rings. The van der Waals surface area contributed by atoms with E-state index in [4.69, 9.17) is 4.74 Å². The SMILES string of the molecule is CCN(CC=O)C(=O)OC(C)(C)C. The zero-order valence-corrected chi connectivity index (χ0v) is 8.66. The molecule has 0 atom stereocenters. The number of likely N-dealkylation sites (N-methyl/N-ethyl adjacent to an activating group) is 1. The van der Waals surface area contributed by atoms with Gasteiger partial charge in [0.05, 0.1) is 6.54 Å². The van der Waals surface area contributed by atoms with E-state index in [1.165, 1.54) is 4.90 Å². The monoisotopic (exact) mass is 187 g/mol. The molecule has 0 aliphatic heterocycles. The maximum absolute atomic E-state index is 11.3. The molecule has 4 nitrogen and oxygen atoms in total. The Balaban J connectivity index is 4.13. The molecule has 0 N–H and O–H groups in total. The van der Waals surface area contributed by atoms with Gasteiger partial charge in [0.25, 0.3) is 0 Å². The van der Waals surface area contributed by atoms with Crippen LogP contribution in [0.15, 0.2) is 0 Å². The zero-order chi connectivity index (χ0) is 10.5. The Kier molecular flexibility index (Phi) is 4.45. The van der Waals surface area contributed by atoms with Crippen LogP contribution in [0.25, 0.3) is 0 Å². The summed E-state index contributed by atoms with van der Waals surface area (Å²) in [6.45, 7) is 7.74. The molecule has 0 saturated heterocycles. The highest BCUT2D eigenvalue weighted by molar-refractivity contribution is 5.71. The van der Waals surface area contributed by atoms with Crippen LogP contribution < -0.4 is 0 Å². The quantitative estimate of drug-likeness (QED) is 0.628. The molecule has 1 amide bonds. The molecule has 0 aliphatic carbocycles. The molecule has 0 rings (SSSR count). The highest BCUT2D eigenvalue weighted by Gasteiger charge is 2.20. The second-order valence-electron chi connectivity index (χ2n) is 3.69. The van der Waals surface area contributed by atoms with Crippen LogP contribution in [0.3, 0.4) is 0 Å². The van der Waals surface area contributed by atoms with Crippen molar-refractivity contribution in [3.05, 3.63) is 0 Å². The number of carbonyl (C=O) groups is 2. The van der Waals surface area contributed by atoms with Crippen LogP contribution in [-0.4, -0.2) is 36.0 Å². The van der Waals surface area contributed by atoms with Gasteiger partial charge in [-0.3, -0.25) is 0 Å². The lowest BCUT2D eigenvalue weighted by atomic mass is 10.2. The third-order valence-electron chi connectivity index (χ3n) is 1.33. The molecular formula is C9H17NO3. The van der Waals surface area contributed by atoms with Crippen LogP contribution in [0, 0.1) is 0 Å². The lowest BCUT2D eigenvalue weighted by Gasteiger charge is -2.25. The minimum atomic E-state index is -0.507. The molecule has 0 aromatic rings. The maximum atomic E-state index is 11.3.